The quantitative estimate of drug-likeness (QED) is 0.692. The van der Waals surface area contributed by atoms with Crippen LogP contribution < -0.4 is 0 Å². The van der Waals surface area contributed by atoms with Gasteiger partial charge >= 0.3 is 6.18 Å². The molecule has 2 atom stereocenters. The van der Waals surface area contributed by atoms with Gasteiger partial charge in [0.05, 0.1) is 11.7 Å². The van der Waals surface area contributed by atoms with Gasteiger partial charge in [-0.15, -0.1) is 11.8 Å². The SMILES string of the molecule is Cc1ccc(C2CC(Sc3cccc(C(F)(F)F)c3)CCO2)c(C)n1. The van der Waals surface area contributed by atoms with Crippen molar-refractivity contribution in [3.63, 3.8) is 0 Å². The van der Waals surface area contributed by atoms with Crippen molar-refractivity contribution in [2.45, 2.75) is 49.1 Å². The number of ether oxygens (including phenoxy) is 1. The summed E-state index contributed by atoms with van der Waals surface area (Å²) >= 11 is 1.50. The normalized spacial score (nSPS) is 21.3. The monoisotopic (exact) mass is 367 g/mol. The molecule has 2 heterocycles. The lowest BCUT2D eigenvalue weighted by Crippen LogP contribution is -2.22. The molecule has 2 unspecified atom stereocenters. The number of aryl methyl sites for hydroxylation is 2. The minimum Gasteiger partial charge on any atom is -0.373 e. The molecule has 0 amide bonds. The van der Waals surface area contributed by atoms with E-state index in [1.54, 1.807) is 6.07 Å². The summed E-state index contributed by atoms with van der Waals surface area (Å²) in [5.41, 5.74) is 2.39. The molecule has 25 heavy (non-hydrogen) atoms. The van der Waals surface area contributed by atoms with Gasteiger partial charge in [0.25, 0.3) is 0 Å². The molecule has 3 rings (SSSR count). The Labute approximate surface area is 149 Å². The zero-order valence-electron chi connectivity index (χ0n) is 14.1. The second kappa shape index (κ2) is 7.38. The molecule has 1 aromatic heterocycles. The standard InChI is InChI=1S/C19H20F3NOS/c1-12-6-7-17(13(2)23-12)18-11-16(8-9-24-18)25-15-5-3-4-14(10-15)19(20,21)22/h3-7,10,16,18H,8-9,11H2,1-2H3. The van der Waals surface area contributed by atoms with Crippen LogP contribution in [0.3, 0.4) is 0 Å². The molecule has 0 N–H and O–H groups in total. The third-order valence-electron chi connectivity index (χ3n) is 4.31. The van der Waals surface area contributed by atoms with Crippen molar-refractivity contribution >= 4 is 11.8 Å². The van der Waals surface area contributed by atoms with Gasteiger partial charge in [0.2, 0.25) is 0 Å². The molecular weight excluding hydrogens is 347 g/mol. The maximum atomic E-state index is 12.9. The highest BCUT2D eigenvalue weighted by Gasteiger charge is 2.31. The summed E-state index contributed by atoms with van der Waals surface area (Å²) in [6.45, 7) is 4.52. The number of rotatable bonds is 3. The van der Waals surface area contributed by atoms with E-state index in [0.29, 0.717) is 11.5 Å². The van der Waals surface area contributed by atoms with Crippen LogP contribution in [0.15, 0.2) is 41.3 Å². The average Bonchev–Trinajstić information content (AvgIpc) is 2.54. The van der Waals surface area contributed by atoms with Crippen LogP contribution in [-0.2, 0) is 10.9 Å². The van der Waals surface area contributed by atoms with Gasteiger partial charge in [-0.1, -0.05) is 12.1 Å². The van der Waals surface area contributed by atoms with Crippen LogP contribution >= 0.6 is 11.8 Å². The Morgan fingerprint density at radius 3 is 2.68 bits per heavy atom. The number of aromatic nitrogens is 1. The lowest BCUT2D eigenvalue weighted by molar-refractivity contribution is -0.137. The van der Waals surface area contributed by atoms with Crippen molar-refractivity contribution in [3.8, 4) is 0 Å². The molecule has 1 aliphatic rings. The molecule has 0 bridgehead atoms. The third kappa shape index (κ3) is 4.55. The Balaban J connectivity index is 1.72. The van der Waals surface area contributed by atoms with E-state index in [2.05, 4.69) is 4.98 Å². The summed E-state index contributed by atoms with van der Waals surface area (Å²) in [6.07, 6.45) is -2.76. The molecule has 1 aliphatic heterocycles. The van der Waals surface area contributed by atoms with E-state index in [4.69, 9.17) is 4.74 Å². The number of benzene rings is 1. The Bertz CT molecular complexity index is 748. The first-order chi connectivity index (χ1) is 11.8. The zero-order valence-corrected chi connectivity index (χ0v) is 15.0. The first kappa shape index (κ1) is 18.3. The van der Waals surface area contributed by atoms with E-state index >= 15 is 0 Å². The Hall–Kier alpha value is -1.53. The van der Waals surface area contributed by atoms with E-state index in [0.717, 1.165) is 35.9 Å². The van der Waals surface area contributed by atoms with Crippen LogP contribution in [0.5, 0.6) is 0 Å². The smallest absolute Gasteiger partial charge is 0.373 e. The topological polar surface area (TPSA) is 22.1 Å². The van der Waals surface area contributed by atoms with Crippen molar-refractivity contribution in [2.75, 3.05) is 6.61 Å². The average molecular weight is 367 g/mol. The zero-order chi connectivity index (χ0) is 18.0. The van der Waals surface area contributed by atoms with E-state index in [1.165, 1.54) is 23.9 Å². The molecule has 0 spiro atoms. The molecule has 6 heteroatoms. The predicted molar refractivity (Wildman–Crippen MR) is 92.7 cm³/mol. The predicted octanol–water partition coefficient (Wildman–Crippen LogP) is 5.73. The number of halogens is 3. The number of nitrogens with zero attached hydrogens (tertiary/aromatic N) is 1. The fraction of sp³-hybridized carbons (Fsp3) is 0.421. The Morgan fingerprint density at radius 2 is 1.96 bits per heavy atom. The minimum absolute atomic E-state index is 0.0508. The third-order valence-corrected chi connectivity index (χ3v) is 5.60. The molecule has 1 aromatic carbocycles. The van der Waals surface area contributed by atoms with Crippen LogP contribution in [0.25, 0.3) is 0 Å². The first-order valence-electron chi connectivity index (χ1n) is 8.22. The number of hydrogen-bond acceptors (Lipinski definition) is 3. The summed E-state index contributed by atoms with van der Waals surface area (Å²) in [4.78, 5) is 5.14. The Kier molecular flexibility index (Phi) is 5.39. The lowest BCUT2D eigenvalue weighted by atomic mass is 10.00. The van der Waals surface area contributed by atoms with Crippen molar-refractivity contribution in [1.29, 1.82) is 0 Å². The number of alkyl halides is 3. The molecule has 0 saturated carbocycles. The van der Waals surface area contributed by atoms with E-state index in [1.807, 2.05) is 26.0 Å². The van der Waals surface area contributed by atoms with Crippen molar-refractivity contribution in [1.82, 2.24) is 4.98 Å². The lowest BCUT2D eigenvalue weighted by Gasteiger charge is -2.30. The number of pyridine rings is 1. The van der Waals surface area contributed by atoms with Gasteiger partial charge in [0.1, 0.15) is 0 Å². The minimum atomic E-state index is -4.31. The number of hydrogen-bond donors (Lipinski definition) is 0. The van der Waals surface area contributed by atoms with Gasteiger partial charge in [-0.05, 0) is 51.0 Å². The summed E-state index contributed by atoms with van der Waals surface area (Å²) < 4.78 is 44.5. The van der Waals surface area contributed by atoms with Crippen LogP contribution in [0.2, 0.25) is 0 Å². The highest BCUT2D eigenvalue weighted by atomic mass is 32.2. The fourth-order valence-electron chi connectivity index (χ4n) is 3.07. The van der Waals surface area contributed by atoms with E-state index < -0.39 is 11.7 Å². The molecular formula is C19H20F3NOS. The first-order valence-corrected chi connectivity index (χ1v) is 9.10. The van der Waals surface area contributed by atoms with Crippen molar-refractivity contribution < 1.29 is 17.9 Å². The second-order valence-electron chi connectivity index (χ2n) is 6.28. The van der Waals surface area contributed by atoms with Crippen molar-refractivity contribution in [3.05, 3.63) is 58.9 Å². The summed E-state index contributed by atoms with van der Waals surface area (Å²) in [7, 11) is 0. The van der Waals surface area contributed by atoms with Crippen LogP contribution in [0, 0.1) is 13.8 Å². The highest BCUT2D eigenvalue weighted by Crippen LogP contribution is 2.39. The van der Waals surface area contributed by atoms with Crippen LogP contribution in [0.1, 0.15) is 41.5 Å². The summed E-state index contributed by atoms with van der Waals surface area (Å²) in [5, 5.41) is 0.225. The molecule has 0 radical (unpaired) electrons. The molecule has 134 valence electrons. The fourth-order valence-corrected chi connectivity index (χ4v) is 4.29. The van der Waals surface area contributed by atoms with Gasteiger partial charge in [0, 0.05) is 33.7 Å². The molecule has 2 nitrogen and oxygen atoms in total. The summed E-state index contributed by atoms with van der Waals surface area (Å²) in [5.74, 6) is 0. The van der Waals surface area contributed by atoms with Crippen molar-refractivity contribution in [2.24, 2.45) is 0 Å². The van der Waals surface area contributed by atoms with Gasteiger partial charge < -0.3 is 4.74 Å². The second-order valence-corrected chi connectivity index (χ2v) is 7.65. The van der Waals surface area contributed by atoms with Gasteiger partial charge in [-0.2, -0.15) is 13.2 Å². The largest absolute Gasteiger partial charge is 0.416 e. The number of thioether (sulfide) groups is 1. The van der Waals surface area contributed by atoms with Gasteiger partial charge in [-0.25, -0.2) is 0 Å². The molecule has 1 saturated heterocycles. The van der Waals surface area contributed by atoms with E-state index in [-0.39, 0.29) is 11.4 Å². The Morgan fingerprint density at radius 1 is 1.16 bits per heavy atom. The molecule has 1 fully saturated rings. The van der Waals surface area contributed by atoms with Crippen LogP contribution in [-0.4, -0.2) is 16.8 Å². The van der Waals surface area contributed by atoms with Gasteiger partial charge in [0.15, 0.2) is 0 Å². The van der Waals surface area contributed by atoms with Gasteiger partial charge in [-0.3, -0.25) is 4.98 Å². The maximum absolute atomic E-state index is 12.9. The highest BCUT2D eigenvalue weighted by molar-refractivity contribution is 8.00. The van der Waals surface area contributed by atoms with Crippen LogP contribution in [0.4, 0.5) is 13.2 Å². The molecule has 0 aliphatic carbocycles. The molecule has 2 aromatic rings. The van der Waals surface area contributed by atoms with E-state index in [9.17, 15) is 13.2 Å². The maximum Gasteiger partial charge on any atom is 0.416 e. The summed E-state index contributed by atoms with van der Waals surface area (Å²) in [6, 6.07) is 9.56.